The van der Waals surface area contributed by atoms with Crippen LogP contribution in [-0.4, -0.2) is 64.6 Å². The number of H-pyrrole nitrogens is 4. The van der Waals surface area contributed by atoms with Crippen molar-refractivity contribution in [2.45, 2.75) is 11.3 Å². The molecule has 8 aromatic rings. The van der Waals surface area contributed by atoms with Gasteiger partial charge < -0.3 is 36.1 Å². The van der Waals surface area contributed by atoms with Gasteiger partial charge in [-0.25, -0.2) is 19.9 Å². The van der Waals surface area contributed by atoms with E-state index in [1.165, 1.54) is 7.11 Å². The molecular weight excluding hydrogens is 608 g/mol. The van der Waals surface area contributed by atoms with Crippen LogP contribution in [-0.2, 0) is 14.9 Å². The Bertz CT molecular complexity index is 2340. The molecule has 14 heteroatoms. The molecule has 8 rings (SSSR count). The standard InChI is InChI=1S/C34H28N12O2/c1-48-33(47)34(31-43-18-6-2-3-7-19(18)44-31,32-45-20-8-4-5-9-21(20)46-32)26(29-39-22-12-10-16(27(35)36)14-24(22)41-29)30-40-23-13-11-17(28(37)38)15-25(23)42-30/h2-15,26H,1H3,(H3,35,36)(H3,37,38)(H,39,41)(H,40,42)(H,43,44)(H,45,46). The first kappa shape index (κ1) is 28.6. The molecule has 4 aromatic carbocycles. The van der Waals surface area contributed by atoms with E-state index >= 15 is 0 Å². The summed E-state index contributed by atoms with van der Waals surface area (Å²) in [5.74, 6) is -0.782. The number of hydrogen-bond acceptors (Lipinski definition) is 8. The molecule has 0 spiro atoms. The van der Waals surface area contributed by atoms with Gasteiger partial charge in [0.25, 0.3) is 0 Å². The molecule has 0 bridgehead atoms. The normalized spacial score (nSPS) is 12.6. The van der Waals surface area contributed by atoms with Gasteiger partial charge in [0.2, 0.25) is 0 Å². The number of hydrogen-bond donors (Lipinski definition) is 8. The Hall–Kier alpha value is -6.83. The van der Waals surface area contributed by atoms with E-state index in [1.54, 1.807) is 36.4 Å². The van der Waals surface area contributed by atoms with Crippen LogP contribution in [0.15, 0.2) is 84.9 Å². The number of benzene rings is 4. The highest BCUT2D eigenvalue weighted by atomic mass is 16.5. The third kappa shape index (κ3) is 4.30. The van der Waals surface area contributed by atoms with Gasteiger partial charge in [0.15, 0.2) is 5.41 Å². The second kappa shape index (κ2) is 10.6. The number of ether oxygens (including phenoxy) is 1. The molecule has 0 amide bonds. The van der Waals surface area contributed by atoms with Gasteiger partial charge in [-0.05, 0) is 60.7 Å². The average molecular weight is 637 g/mol. The number of carbonyl (C=O) groups is 1. The van der Waals surface area contributed by atoms with Crippen LogP contribution in [0.4, 0.5) is 0 Å². The van der Waals surface area contributed by atoms with Crippen LogP contribution in [0.1, 0.15) is 40.3 Å². The van der Waals surface area contributed by atoms with E-state index in [2.05, 4.69) is 19.9 Å². The first-order valence-electron chi connectivity index (χ1n) is 14.9. The number of nitrogen functional groups attached to an aromatic ring is 2. The molecule has 0 saturated heterocycles. The summed E-state index contributed by atoms with van der Waals surface area (Å²) in [5.41, 5.74) is 15.8. The smallest absolute Gasteiger partial charge is 0.328 e. The first-order chi connectivity index (χ1) is 23.3. The monoisotopic (exact) mass is 636 g/mol. The molecule has 10 N–H and O–H groups in total. The summed E-state index contributed by atoms with van der Waals surface area (Å²) in [5, 5.41) is 16.0. The molecule has 236 valence electrons. The van der Waals surface area contributed by atoms with Gasteiger partial charge in [0, 0.05) is 11.1 Å². The van der Waals surface area contributed by atoms with Gasteiger partial charge in [-0.2, -0.15) is 0 Å². The lowest BCUT2D eigenvalue weighted by molar-refractivity contribution is -0.147. The number of methoxy groups -OCH3 is 1. The van der Waals surface area contributed by atoms with Crippen molar-refractivity contribution in [3.05, 3.63) is 119 Å². The van der Waals surface area contributed by atoms with E-state index in [1.807, 2.05) is 48.5 Å². The Kier molecular flexibility index (Phi) is 6.34. The lowest BCUT2D eigenvalue weighted by atomic mass is 9.72. The number of rotatable bonds is 8. The number of amidine groups is 2. The third-order valence-corrected chi connectivity index (χ3v) is 8.64. The summed E-state index contributed by atoms with van der Waals surface area (Å²) >= 11 is 0. The van der Waals surface area contributed by atoms with Crippen LogP contribution in [0, 0.1) is 10.8 Å². The summed E-state index contributed by atoms with van der Waals surface area (Å²) < 4.78 is 5.66. The van der Waals surface area contributed by atoms with Crippen molar-refractivity contribution in [1.82, 2.24) is 39.9 Å². The zero-order chi connectivity index (χ0) is 33.2. The molecule has 0 saturated carbocycles. The maximum atomic E-state index is 14.8. The van der Waals surface area contributed by atoms with Gasteiger partial charge in [-0.1, -0.05) is 24.3 Å². The van der Waals surface area contributed by atoms with Crippen molar-refractivity contribution in [2.24, 2.45) is 11.5 Å². The number of fused-ring (bicyclic) bond motifs is 4. The molecule has 0 unspecified atom stereocenters. The largest absolute Gasteiger partial charge is 0.468 e. The Morgan fingerprint density at radius 2 is 1.08 bits per heavy atom. The maximum absolute atomic E-state index is 14.8. The highest BCUT2D eigenvalue weighted by molar-refractivity contribution is 5.99. The fraction of sp³-hybridized carbons (Fsp3) is 0.0882. The Morgan fingerprint density at radius 3 is 1.50 bits per heavy atom. The lowest BCUT2D eigenvalue weighted by Crippen LogP contribution is -2.47. The molecule has 0 atom stereocenters. The highest BCUT2D eigenvalue weighted by Crippen LogP contribution is 2.47. The van der Waals surface area contributed by atoms with Gasteiger partial charge in [-0.15, -0.1) is 0 Å². The minimum atomic E-state index is -1.83. The van der Waals surface area contributed by atoms with Crippen molar-refractivity contribution in [2.75, 3.05) is 7.11 Å². The number of aromatic nitrogens is 8. The van der Waals surface area contributed by atoms with Crippen LogP contribution in [0.25, 0.3) is 44.1 Å². The predicted octanol–water partition coefficient (Wildman–Crippen LogP) is 4.05. The Morgan fingerprint density at radius 1 is 0.646 bits per heavy atom. The zero-order valence-electron chi connectivity index (χ0n) is 25.4. The minimum absolute atomic E-state index is 0.100. The second-order valence-corrected chi connectivity index (χ2v) is 11.5. The lowest BCUT2D eigenvalue weighted by Gasteiger charge is -2.33. The van der Waals surface area contributed by atoms with Gasteiger partial charge >= 0.3 is 5.97 Å². The topological polar surface area (TPSA) is 241 Å². The second-order valence-electron chi connectivity index (χ2n) is 11.5. The number of carbonyl (C=O) groups excluding carboxylic acids is 1. The van der Waals surface area contributed by atoms with Crippen molar-refractivity contribution < 1.29 is 9.53 Å². The fourth-order valence-electron chi connectivity index (χ4n) is 6.34. The number of aromatic amines is 4. The number of esters is 1. The molecule has 0 radical (unpaired) electrons. The van der Waals surface area contributed by atoms with Crippen LogP contribution in [0.2, 0.25) is 0 Å². The van der Waals surface area contributed by atoms with E-state index in [0.717, 1.165) is 0 Å². The van der Waals surface area contributed by atoms with Crippen LogP contribution in [0.5, 0.6) is 0 Å². The number of nitrogens with two attached hydrogens (primary N) is 2. The zero-order valence-corrected chi connectivity index (χ0v) is 25.4. The maximum Gasteiger partial charge on any atom is 0.328 e. The van der Waals surface area contributed by atoms with E-state index in [0.29, 0.717) is 66.9 Å². The van der Waals surface area contributed by atoms with E-state index < -0.39 is 17.3 Å². The van der Waals surface area contributed by atoms with Crippen molar-refractivity contribution in [3.63, 3.8) is 0 Å². The number of nitrogens with zero attached hydrogens (tertiary/aromatic N) is 4. The molecule has 0 aliphatic heterocycles. The highest BCUT2D eigenvalue weighted by Gasteiger charge is 2.58. The average Bonchev–Trinajstić information content (AvgIpc) is 3.89. The molecule has 0 fully saturated rings. The molecule has 4 heterocycles. The van der Waals surface area contributed by atoms with Crippen LogP contribution < -0.4 is 11.5 Å². The first-order valence-corrected chi connectivity index (χ1v) is 14.9. The minimum Gasteiger partial charge on any atom is -0.468 e. The number of imidazole rings is 4. The predicted molar refractivity (Wildman–Crippen MR) is 181 cm³/mol. The third-order valence-electron chi connectivity index (χ3n) is 8.64. The SMILES string of the molecule is COC(=O)C(c1nc2ccccc2[nH]1)(c1nc2ccccc2[nH]1)C(c1nc2ccc(C(=N)N)cc2[nH]1)c1nc2ccc(C(=N)N)cc2[nH]1. The van der Waals surface area contributed by atoms with Gasteiger partial charge in [-0.3, -0.25) is 15.6 Å². The summed E-state index contributed by atoms with van der Waals surface area (Å²) in [6.45, 7) is 0. The molecular formula is C34H28N12O2. The van der Waals surface area contributed by atoms with Gasteiger partial charge in [0.1, 0.15) is 40.9 Å². The fourth-order valence-corrected chi connectivity index (χ4v) is 6.34. The quantitative estimate of drug-likeness (QED) is 0.0685. The van der Waals surface area contributed by atoms with E-state index in [4.69, 9.17) is 47.0 Å². The molecule has 0 aliphatic rings. The number of para-hydroxylation sites is 4. The molecule has 4 aromatic heterocycles. The van der Waals surface area contributed by atoms with Crippen LogP contribution >= 0.6 is 0 Å². The van der Waals surface area contributed by atoms with Crippen molar-refractivity contribution in [1.29, 1.82) is 10.8 Å². The van der Waals surface area contributed by atoms with Crippen molar-refractivity contribution >= 4 is 61.8 Å². The Balaban J connectivity index is 1.51. The van der Waals surface area contributed by atoms with Gasteiger partial charge in [0.05, 0.1) is 51.2 Å². The Labute approximate surface area is 271 Å². The number of nitrogens with one attached hydrogen (secondary N) is 6. The summed E-state index contributed by atoms with van der Waals surface area (Å²) in [4.78, 5) is 48.2. The summed E-state index contributed by atoms with van der Waals surface area (Å²) in [6, 6.07) is 25.3. The van der Waals surface area contributed by atoms with Crippen LogP contribution in [0.3, 0.4) is 0 Å². The van der Waals surface area contributed by atoms with E-state index in [9.17, 15) is 4.79 Å². The van der Waals surface area contributed by atoms with E-state index in [-0.39, 0.29) is 23.3 Å². The molecule has 48 heavy (non-hydrogen) atoms. The summed E-state index contributed by atoms with van der Waals surface area (Å²) in [7, 11) is 1.31. The van der Waals surface area contributed by atoms with Crippen molar-refractivity contribution in [3.8, 4) is 0 Å². The molecule has 0 aliphatic carbocycles. The molecule has 14 nitrogen and oxygen atoms in total. The summed E-state index contributed by atoms with van der Waals surface area (Å²) in [6.07, 6.45) is 0.